The number of benzene rings is 1. The molecule has 0 radical (unpaired) electrons. The van der Waals surface area contributed by atoms with E-state index in [4.69, 9.17) is 24.7 Å². The Hall–Kier alpha value is -3.19. The predicted molar refractivity (Wildman–Crippen MR) is 78.4 cm³/mol. The summed E-state index contributed by atoms with van der Waals surface area (Å²) >= 11 is 0. The van der Waals surface area contributed by atoms with E-state index in [1.807, 2.05) is 12.1 Å². The van der Waals surface area contributed by atoms with Crippen LogP contribution in [0, 0.1) is 22.7 Å². The van der Waals surface area contributed by atoms with Crippen LogP contribution in [0.3, 0.4) is 0 Å². The number of anilines is 1. The monoisotopic (exact) mass is 301 g/mol. The molecule has 22 heavy (non-hydrogen) atoms. The number of methoxy groups -OCH3 is 3. The fourth-order valence-corrected chi connectivity index (χ4v) is 1.65. The minimum absolute atomic E-state index is 0.0374. The molecular weight excluding hydrogens is 286 g/mol. The standard InChI is InChI=1S/C15H15N3O4/c1-20-13-6-11(15(19)22-3)12(7-14(13)21-2)18-9-10(8-17)4-5-16/h6-7,9,18H,4H2,1-3H3/b10-9+. The van der Waals surface area contributed by atoms with Crippen molar-refractivity contribution in [2.75, 3.05) is 26.6 Å². The SMILES string of the molecule is COC(=O)c1cc(OC)c(OC)cc1N/C=C(/C#N)CC#N. The molecule has 0 saturated carbocycles. The van der Waals surface area contributed by atoms with Gasteiger partial charge >= 0.3 is 5.97 Å². The van der Waals surface area contributed by atoms with Crippen LogP contribution in [0.5, 0.6) is 11.5 Å². The first kappa shape index (κ1) is 16.9. The van der Waals surface area contributed by atoms with E-state index >= 15 is 0 Å². The number of ether oxygens (including phenoxy) is 3. The van der Waals surface area contributed by atoms with Gasteiger partial charge in [0.15, 0.2) is 11.5 Å². The molecule has 0 aromatic heterocycles. The maximum absolute atomic E-state index is 11.8. The van der Waals surface area contributed by atoms with Crippen LogP contribution in [-0.4, -0.2) is 27.3 Å². The van der Waals surface area contributed by atoms with Crippen LogP contribution in [0.4, 0.5) is 5.69 Å². The number of rotatable bonds is 6. The molecule has 0 fully saturated rings. The summed E-state index contributed by atoms with van der Waals surface area (Å²) in [5, 5.41) is 20.3. The van der Waals surface area contributed by atoms with E-state index in [1.165, 1.54) is 33.6 Å². The number of esters is 1. The predicted octanol–water partition coefficient (Wildman–Crippen LogP) is 2.22. The van der Waals surface area contributed by atoms with E-state index in [9.17, 15) is 4.79 Å². The molecule has 0 aliphatic heterocycles. The van der Waals surface area contributed by atoms with Crippen LogP contribution in [-0.2, 0) is 4.74 Å². The first-order valence-electron chi connectivity index (χ1n) is 6.18. The van der Waals surface area contributed by atoms with E-state index < -0.39 is 5.97 Å². The Morgan fingerprint density at radius 2 is 1.86 bits per heavy atom. The molecule has 0 unspecified atom stereocenters. The highest BCUT2D eigenvalue weighted by molar-refractivity contribution is 5.97. The summed E-state index contributed by atoms with van der Waals surface area (Å²) in [6.45, 7) is 0. The van der Waals surface area contributed by atoms with Gasteiger partial charge in [-0.05, 0) is 0 Å². The second kappa shape index (κ2) is 8.18. The number of nitriles is 2. The molecule has 7 nitrogen and oxygen atoms in total. The van der Waals surface area contributed by atoms with Crippen molar-refractivity contribution >= 4 is 11.7 Å². The average molecular weight is 301 g/mol. The molecule has 0 aliphatic rings. The highest BCUT2D eigenvalue weighted by atomic mass is 16.5. The fourth-order valence-electron chi connectivity index (χ4n) is 1.65. The number of nitrogens with one attached hydrogen (secondary N) is 1. The Morgan fingerprint density at radius 3 is 2.36 bits per heavy atom. The minimum Gasteiger partial charge on any atom is -0.493 e. The summed E-state index contributed by atoms with van der Waals surface area (Å²) in [6, 6.07) is 6.78. The normalized spacial score (nSPS) is 10.1. The van der Waals surface area contributed by atoms with Crippen LogP contribution in [0.25, 0.3) is 0 Å². The van der Waals surface area contributed by atoms with Crippen LogP contribution >= 0.6 is 0 Å². The number of allylic oxidation sites excluding steroid dienone is 1. The van der Waals surface area contributed by atoms with Crippen molar-refractivity contribution in [3.05, 3.63) is 29.5 Å². The van der Waals surface area contributed by atoms with Crippen molar-refractivity contribution in [1.82, 2.24) is 0 Å². The molecule has 0 amide bonds. The molecule has 0 bridgehead atoms. The first-order chi connectivity index (χ1) is 10.6. The molecule has 1 aromatic rings. The van der Waals surface area contributed by atoms with Gasteiger partial charge in [-0.2, -0.15) is 10.5 Å². The van der Waals surface area contributed by atoms with Gasteiger partial charge in [-0.25, -0.2) is 4.79 Å². The van der Waals surface area contributed by atoms with Crippen molar-refractivity contribution in [2.45, 2.75) is 6.42 Å². The maximum atomic E-state index is 11.8. The van der Waals surface area contributed by atoms with Crippen LogP contribution in [0.15, 0.2) is 23.9 Å². The van der Waals surface area contributed by atoms with Crippen molar-refractivity contribution in [3.63, 3.8) is 0 Å². The van der Waals surface area contributed by atoms with Gasteiger partial charge < -0.3 is 19.5 Å². The molecule has 1 rings (SSSR count). The number of hydrogen-bond acceptors (Lipinski definition) is 7. The van der Waals surface area contributed by atoms with Crippen molar-refractivity contribution in [1.29, 1.82) is 10.5 Å². The Balaban J connectivity index is 3.29. The third-order valence-electron chi connectivity index (χ3n) is 2.74. The first-order valence-corrected chi connectivity index (χ1v) is 6.18. The van der Waals surface area contributed by atoms with Crippen molar-refractivity contribution < 1.29 is 19.0 Å². The lowest BCUT2D eigenvalue weighted by atomic mass is 10.1. The molecule has 1 N–H and O–H groups in total. The smallest absolute Gasteiger partial charge is 0.340 e. The van der Waals surface area contributed by atoms with E-state index in [2.05, 4.69) is 5.32 Å². The summed E-state index contributed by atoms with van der Waals surface area (Å²) < 4.78 is 15.0. The molecule has 0 saturated heterocycles. The molecule has 0 spiro atoms. The summed E-state index contributed by atoms with van der Waals surface area (Å²) in [5.41, 5.74) is 0.814. The van der Waals surface area contributed by atoms with Gasteiger partial charge in [0.05, 0.1) is 56.7 Å². The largest absolute Gasteiger partial charge is 0.493 e. The molecule has 0 heterocycles. The zero-order valence-corrected chi connectivity index (χ0v) is 12.5. The Kier molecular flexibility index (Phi) is 6.27. The number of carbonyl (C=O) groups is 1. The summed E-state index contributed by atoms with van der Waals surface area (Å²) in [5.74, 6) is 0.204. The third kappa shape index (κ3) is 3.90. The van der Waals surface area contributed by atoms with Gasteiger partial charge in [0, 0.05) is 18.3 Å². The number of nitrogens with zero attached hydrogens (tertiary/aromatic N) is 2. The van der Waals surface area contributed by atoms with Gasteiger partial charge in [-0.15, -0.1) is 0 Å². The van der Waals surface area contributed by atoms with E-state index in [0.717, 1.165) is 0 Å². The molecule has 0 aliphatic carbocycles. The van der Waals surface area contributed by atoms with Crippen molar-refractivity contribution in [3.8, 4) is 23.6 Å². The van der Waals surface area contributed by atoms with Crippen LogP contribution in [0.1, 0.15) is 16.8 Å². The molecule has 1 aromatic carbocycles. The van der Waals surface area contributed by atoms with Gasteiger partial charge in [0.2, 0.25) is 0 Å². The van der Waals surface area contributed by atoms with Gasteiger partial charge in [-0.3, -0.25) is 0 Å². The highest BCUT2D eigenvalue weighted by Crippen LogP contribution is 2.33. The second-order valence-electron chi connectivity index (χ2n) is 4.00. The zero-order valence-electron chi connectivity index (χ0n) is 12.5. The summed E-state index contributed by atoms with van der Waals surface area (Å²) in [4.78, 5) is 11.8. The lowest BCUT2D eigenvalue weighted by Crippen LogP contribution is -2.07. The minimum atomic E-state index is -0.573. The Bertz CT molecular complexity index is 669. The third-order valence-corrected chi connectivity index (χ3v) is 2.74. The van der Waals surface area contributed by atoms with E-state index in [0.29, 0.717) is 17.2 Å². The van der Waals surface area contributed by atoms with Crippen LogP contribution < -0.4 is 14.8 Å². The number of carbonyl (C=O) groups excluding carboxylic acids is 1. The molecule has 0 atom stereocenters. The van der Waals surface area contributed by atoms with Crippen molar-refractivity contribution in [2.24, 2.45) is 0 Å². The van der Waals surface area contributed by atoms with Crippen LogP contribution in [0.2, 0.25) is 0 Å². The quantitative estimate of drug-likeness (QED) is 0.634. The fraction of sp³-hybridized carbons (Fsp3) is 0.267. The van der Waals surface area contributed by atoms with E-state index in [-0.39, 0.29) is 17.6 Å². The average Bonchev–Trinajstić information content (AvgIpc) is 2.56. The zero-order chi connectivity index (χ0) is 16.5. The number of hydrogen-bond donors (Lipinski definition) is 1. The Morgan fingerprint density at radius 1 is 1.23 bits per heavy atom. The highest BCUT2D eigenvalue weighted by Gasteiger charge is 2.17. The second-order valence-corrected chi connectivity index (χ2v) is 4.00. The molecule has 7 heteroatoms. The van der Waals surface area contributed by atoms with Gasteiger partial charge in [0.1, 0.15) is 0 Å². The lowest BCUT2D eigenvalue weighted by Gasteiger charge is -2.13. The van der Waals surface area contributed by atoms with Gasteiger partial charge in [0.25, 0.3) is 0 Å². The summed E-state index contributed by atoms with van der Waals surface area (Å²) in [7, 11) is 4.17. The van der Waals surface area contributed by atoms with Gasteiger partial charge in [-0.1, -0.05) is 0 Å². The topological polar surface area (TPSA) is 104 Å². The Labute approximate surface area is 128 Å². The maximum Gasteiger partial charge on any atom is 0.340 e. The lowest BCUT2D eigenvalue weighted by molar-refractivity contribution is 0.0601. The molecular formula is C15H15N3O4. The van der Waals surface area contributed by atoms with E-state index in [1.54, 1.807) is 6.07 Å². The molecule has 114 valence electrons. The summed E-state index contributed by atoms with van der Waals surface area (Å²) in [6.07, 6.45) is 1.32.